The van der Waals surface area contributed by atoms with Crippen LogP contribution in [-0.2, 0) is 36.1 Å². The number of rotatable bonds is 8. The summed E-state index contributed by atoms with van der Waals surface area (Å²) in [5, 5.41) is 0.384. The second-order valence-electron chi connectivity index (χ2n) is 10.6. The number of ether oxygens (including phenoxy) is 2. The molecule has 5 aromatic rings. The van der Waals surface area contributed by atoms with E-state index in [-0.39, 0.29) is 34.2 Å². The van der Waals surface area contributed by atoms with E-state index in [9.17, 15) is 30.4 Å². The first-order valence-electron chi connectivity index (χ1n) is 13.6. The third kappa shape index (κ3) is 5.79. The van der Waals surface area contributed by atoms with Gasteiger partial charge in [-0.3, -0.25) is 9.69 Å². The highest BCUT2D eigenvalue weighted by Crippen LogP contribution is 2.40. The van der Waals surface area contributed by atoms with Crippen molar-refractivity contribution in [1.29, 1.82) is 0 Å². The molecule has 1 aliphatic rings. The van der Waals surface area contributed by atoms with Crippen LogP contribution in [0, 0.1) is 11.6 Å². The van der Waals surface area contributed by atoms with E-state index < -0.39 is 34.3 Å². The summed E-state index contributed by atoms with van der Waals surface area (Å²) < 4.78 is 96.8. The predicted octanol–water partition coefficient (Wildman–Crippen LogP) is 4.50. The smallest absolute Gasteiger partial charge is 0.281 e. The van der Waals surface area contributed by atoms with Crippen LogP contribution in [0.4, 0.5) is 8.78 Å². The SMILES string of the molecule is Cn1cc(-c2cc(S(=O)(=O)S(C)(=O)=O)ccc2Oc2ccc(F)cc2F)c2cc(CN3CCOCC3c3ccco3)[nH]c2c1=O. The number of halogens is 2. The van der Waals surface area contributed by atoms with Gasteiger partial charge in [-0.05, 0) is 48.5 Å². The Bertz CT molecular complexity index is 2190. The van der Waals surface area contributed by atoms with E-state index in [0.717, 1.165) is 30.0 Å². The Balaban J connectivity index is 1.51. The molecule has 0 spiro atoms. The molecule has 1 aliphatic heterocycles. The van der Waals surface area contributed by atoms with E-state index in [1.807, 2.05) is 6.07 Å². The number of fused-ring (bicyclic) bond motifs is 1. The Hall–Kier alpha value is -4.31. The van der Waals surface area contributed by atoms with E-state index in [4.69, 9.17) is 13.9 Å². The van der Waals surface area contributed by atoms with E-state index in [1.165, 1.54) is 23.9 Å². The van der Waals surface area contributed by atoms with Crippen LogP contribution in [0.15, 0.2) is 81.2 Å². The standard InChI is InChI=1S/C30H27F2N3O8S2/c1-34-16-23(22-13-19(33-29(22)30(34)36)15-35-9-11-41-17-25(35)28-4-3-10-42-28)21-14-20(45(39,40)44(2,37)38)6-8-26(21)43-27-7-5-18(31)12-24(27)32/h3-8,10,12-14,16,25,33H,9,11,15,17H2,1-2H3. The van der Waals surface area contributed by atoms with Gasteiger partial charge in [0.2, 0.25) is 0 Å². The van der Waals surface area contributed by atoms with E-state index in [2.05, 4.69) is 9.88 Å². The van der Waals surface area contributed by atoms with Crippen molar-refractivity contribution in [2.75, 3.05) is 26.0 Å². The zero-order valence-corrected chi connectivity index (χ0v) is 25.6. The molecule has 0 saturated carbocycles. The zero-order valence-electron chi connectivity index (χ0n) is 24.0. The van der Waals surface area contributed by atoms with Crippen molar-refractivity contribution in [2.24, 2.45) is 7.05 Å². The third-order valence-corrected chi connectivity index (χ3v) is 12.1. The Morgan fingerprint density at radius 2 is 1.80 bits per heavy atom. The number of benzene rings is 2. The lowest BCUT2D eigenvalue weighted by molar-refractivity contribution is -0.0207. The highest BCUT2D eigenvalue weighted by molar-refractivity contribution is 8.66. The summed E-state index contributed by atoms with van der Waals surface area (Å²) in [6, 6.07) is 11.2. The van der Waals surface area contributed by atoms with Gasteiger partial charge in [0.05, 0.1) is 36.7 Å². The Labute approximate surface area is 255 Å². The van der Waals surface area contributed by atoms with E-state index >= 15 is 0 Å². The first-order chi connectivity index (χ1) is 21.3. The third-order valence-electron chi connectivity index (χ3n) is 7.55. The highest BCUT2D eigenvalue weighted by atomic mass is 33.2. The van der Waals surface area contributed by atoms with Crippen LogP contribution in [-0.4, -0.2) is 57.3 Å². The Kier molecular flexibility index (Phi) is 7.89. The van der Waals surface area contributed by atoms with Gasteiger partial charge in [0.1, 0.15) is 22.8 Å². The Morgan fingerprint density at radius 1 is 1.02 bits per heavy atom. The number of H-pyrrole nitrogens is 1. The number of aromatic amines is 1. The van der Waals surface area contributed by atoms with Crippen molar-refractivity contribution < 1.29 is 39.5 Å². The molecule has 1 N–H and O–H groups in total. The van der Waals surface area contributed by atoms with Crippen LogP contribution >= 0.6 is 0 Å². The number of pyridine rings is 1. The lowest BCUT2D eigenvalue weighted by atomic mass is 10.0. The maximum Gasteiger partial charge on any atom is 0.281 e. The number of aromatic nitrogens is 2. The molecule has 0 bridgehead atoms. The zero-order chi connectivity index (χ0) is 32.1. The topological polar surface area (TPSA) is 141 Å². The first kappa shape index (κ1) is 30.7. The minimum absolute atomic E-state index is 0.0504. The number of hydrogen-bond acceptors (Lipinski definition) is 9. The summed E-state index contributed by atoms with van der Waals surface area (Å²) in [6.07, 6.45) is 3.60. The molecular formula is C30H27F2N3O8S2. The largest absolute Gasteiger partial charge is 0.468 e. The van der Waals surface area contributed by atoms with E-state index in [0.29, 0.717) is 55.3 Å². The summed E-state index contributed by atoms with van der Waals surface area (Å²) in [6.45, 7) is 1.85. The average Bonchev–Trinajstić information content (AvgIpc) is 3.67. The van der Waals surface area contributed by atoms with Crippen LogP contribution in [0.2, 0.25) is 0 Å². The van der Waals surface area contributed by atoms with Gasteiger partial charge in [0.25, 0.3) is 23.3 Å². The predicted molar refractivity (Wildman–Crippen MR) is 160 cm³/mol. The molecule has 1 unspecified atom stereocenters. The van der Waals surface area contributed by atoms with Crippen molar-refractivity contribution in [3.63, 3.8) is 0 Å². The van der Waals surface area contributed by atoms with Crippen molar-refractivity contribution >= 4 is 28.6 Å². The Morgan fingerprint density at radius 3 is 2.51 bits per heavy atom. The van der Waals surface area contributed by atoms with Crippen LogP contribution < -0.4 is 10.3 Å². The number of nitrogens with one attached hydrogen (secondary N) is 1. The van der Waals surface area contributed by atoms with Gasteiger partial charge in [-0.25, -0.2) is 25.6 Å². The van der Waals surface area contributed by atoms with Crippen LogP contribution in [0.25, 0.3) is 22.0 Å². The summed E-state index contributed by atoms with van der Waals surface area (Å²) >= 11 is 0. The molecule has 0 amide bonds. The molecule has 0 aliphatic carbocycles. The number of furan rings is 1. The maximum absolute atomic E-state index is 14.6. The molecule has 11 nitrogen and oxygen atoms in total. The van der Waals surface area contributed by atoms with Crippen molar-refractivity contribution in [1.82, 2.24) is 14.5 Å². The summed E-state index contributed by atoms with van der Waals surface area (Å²) in [4.78, 5) is 18.0. The molecule has 45 heavy (non-hydrogen) atoms. The molecule has 6 rings (SSSR count). The number of aryl methyl sites for hydroxylation is 1. The molecule has 1 saturated heterocycles. The van der Waals surface area contributed by atoms with Crippen LogP contribution in [0.1, 0.15) is 17.5 Å². The van der Waals surface area contributed by atoms with Gasteiger partial charge >= 0.3 is 0 Å². The lowest BCUT2D eigenvalue weighted by Gasteiger charge is -2.33. The van der Waals surface area contributed by atoms with Gasteiger partial charge in [0, 0.05) is 54.6 Å². The minimum atomic E-state index is -4.83. The maximum atomic E-state index is 14.6. The molecule has 3 aromatic heterocycles. The van der Waals surface area contributed by atoms with Crippen molar-refractivity contribution in [3.8, 4) is 22.6 Å². The summed E-state index contributed by atoms with van der Waals surface area (Å²) in [5.41, 5.74) is 0.816. The van der Waals surface area contributed by atoms with Gasteiger partial charge in [-0.2, -0.15) is 0 Å². The highest BCUT2D eigenvalue weighted by Gasteiger charge is 2.30. The molecule has 4 heterocycles. The normalized spacial score (nSPS) is 16.3. The summed E-state index contributed by atoms with van der Waals surface area (Å²) in [7, 11) is -7.92. The fourth-order valence-corrected chi connectivity index (χ4v) is 7.50. The first-order valence-corrected chi connectivity index (χ1v) is 17.5. The molecule has 2 aromatic carbocycles. The second-order valence-corrected chi connectivity index (χ2v) is 16.5. The second kappa shape index (κ2) is 11.6. The fourth-order valence-electron chi connectivity index (χ4n) is 5.29. The van der Waals surface area contributed by atoms with Crippen molar-refractivity contribution in [3.05, 3.63) is 100 Å². The van der Waals surface area contributed by atoms with Crippen LogP contribution in [0.5, 0.6) is 11.5 Å². The molecule has 15 heteroatoms. The monoisotopic (exact) mass is 659 g/mol. The molecule has 0 radical (unpaired) electrons. The van der Waals surface area contributed by atoms with Crippen molar-refractivity contribution in [2.45, 2.75) is 17.5 Å². The van der Waals surface area contributed by atoms with Crippen LogP contribution in [0.3, 0.4) is 0 Å². The summed E-state index contributed by atoms with van der Waals surface area (Å²) in [5.74, 6) is -1.55. The molecular weight excluding hydrogens is 632 g/mol. The molecule has 1 fully saturated rings. The lowest BCUT2D eigenvalue weighted by Crippen LogP contribution is -2.38. The van der Waals surface area contributed by atoms with Gasteiger partial charge < -0.3 is 23.4 Å². The average molecular weight is 660 g/mol. The number of morpholine rings is 1. The molecule has 1 atom stereocenters. The quantitative estimate of drug-likeness (QED) is 0.238. The van der Waals surface area contributed by atoms with Gasteiger partial charge in [0.15, 0.2) is 11.6 Å². The minimum Gasteiger partial charge on any atom is -0.468 e. The fraction of sp³-hybridized carbons (Fsp3) is 0.233. The number of nitrogens with zero attached hydrogens (tertiary/aromatic N) is 2. The van der Waals surface area contributed by atoms with E-state index in [1.54, 1.807) is 18.4 Å². The van der Waals surface area contributed by atoms with Gasteiger partial charge in [-0.1, -0.05) is 0 Å². The van der Waals surface area contributed by atoms with Gasteiger partial charge in [-0.15, -0.1) is 0 Å². The molecule has 236 valence electrons. The number of hydrogen-bond donors (Lipinski definition) is 1.